The van der Waals surface area contributed by atoms with Crippen molar-refractivity contribution in [3.63, 3.8) is 0 Å². The van der Waals surface area contributed by atoms with E-state index >= 15 is 0 Å². The lowest BCUT2D eigenvalue weighted by molar-refractivity contribution is -0.134. The summed E-state index contributed by atoms with van der Waals surface area (Å²) in [6.45, 7) is 2.52. The third-order valence-corrected chi connectivity index (χ3v) is 6.86. The lowest BCUT2D eigenvalue weighted by Crippen LogP contribution is -2.44. The number of likely N-dealkylation sites (tertiary alicyclic amines) is 2. The van der Waals surface area contributed by atoms with Crippen molar-refractivity contribution >= 4 is 17.5 Å². The smallest absolute Gasteiger partial charge is 0.261 e. The van der Waals surface area contributed by atoms with Gasteiger partial charge in [-0.3, -0.25) is 14.7 Å². The fourth-order valence-corrected chi connectivity index (χ4v) is 4.90. The lowest BCUT2D eigenvalue weighted by atomic mass is 9.91. The van der Waals surface area contributed by atoms with E-state index in [1.165, 1.54) is 12.8 Å². The number of anilines is 1. The van der Waals surface area contributed by atoms with Gasteiger partial charge in [0.15, 0.2) is 0 Å². The molecule has 2 aliphatic rings. The highest BCUT2D eigenvalue weighted by molar-refractivity contribution is 6.06. The van der Waals surface area contributed by atoms with Gasteiger partial charge in [-0.1, -0.05) is 24.6 Å². The van der Waals surface area contributed by atoms with Crippen LogP contribution in [0.4, 0.5) is 5.69 Å². The third kappa shape index (κ3) is 4.82. The fraction of sp³-hybridized carbons (Fsp3) is 0.542. The predicted molar refractivity (Wildman–Crippen MR) is 121 cm³/mol. The molecule has 31 heavy (non-hydrogen) atoms. The highest BCUT2D eigenvalue weighted by Gasteiger charge is 2.31. The normalized spacial score (nSPS) is 22.3. The van der Waals surface area contributed by atoms with E-state index in [0.717, 1.165) is 43.7 Å². The van der Waals surface area contributed by atoms with Gasteiger partial charge in [-0.05, 0) is 51.4 Å². The molecule has 0 saturated carbocycles. The molecule has 166 valence electrons. The van der Waals surface area contributed by atoms with Gasteiger partial charge in [0.05, 0.1) is 17.5 Å². The van der Waals surface area contributed by atoms with E-state index in [0.29, 0.717) is 24.6 Å². The number of aromatic amines is 1. The van der Waals surface area contributed by atoms with E-state index in [1.54, 1.807) is 18.1 Å². The van der Waals surface area contributed by atoms with Crippen LogP contribution in [0.1, 0.15) is 60.5 Å². The van der Waals surface area contributed by atoms with Crippen LogP contribution in [0.15, 0.2) is 36.5 Å². The van der Waals surface area contributed by atoms with Crippen molar-refractivity contribution < 1.29 is 9.59 Å². The number of amides is 2. The number of aromatic nitrogens is 2. The van der Waals surface area contributed by atoms with Crippen LogP contribution in [0.5, 0.6) is 0 Å². The summed E-state index contributed by atoms with van der Waals surface area (Å²) in [7, 11) is 3.91. The first-order valence-electron chi connectivity index (χ1n) is 11.4. The predicted octanol–water partition coefficient (Wildman–Crippen LogP) is 3.27. The minimum Gasteiger partial charge on any atom is -0.342 e. The van der Waals surface area contributed by atoms with E-state index in [2.05, 4.69) is 22.1 Å². The number of nitrogens with one attached hydrogen (secondary N) is 1. The monoisotopic (exact) mass is 423 g/mol. The molecular weight excluding hydrogens is 390 g/mol. The van der Waals surface area contributed by atoms with E-state index in [9.17, 15) is 9.59 Å². The van der Waals surface area contributed by atoms with Crippen molar-refractivity contribution in [2.75, 3.05) is 38.6 Å². The van der Waals surface area contributed by atoms with Crippen LogP contribution in [0, 0.1) is 0 Å². The molecule has 7 nitrogen and oxygen atoms in total. The molecule has 2 aromatic rings. The fourth-order valence-electron chi connectivity index (χ4n) is 4.90. The van der Waals surface area contributed by atoms with Crippen LogP contribution in [-0.2, 0) is 4.79 Å². The van der Waals surface area contributed by atoms with Gasteiger partial charge in [0.25, 0.3) is 5.91 Å². The summed E-state index contributed by atoms with van der Waals surface area (Å²) in [5.41, 5.74) is 2.29. The Bertz CT molecular complexity index is 896. The molecule has 2 saturated heterocycles. The van der Waals surface area contributed by atoms with E-state index in [-0.39, 0.29) is 17.7 Å². The van der Waals surface area contributed by atoms with E-state index < -0.39 is 0 Å². The van der Waals surface area contributed by atoms with E-state index in [4.69, 9.17) is 0 Å². The van der Waals surface area contributed by atoms with Crippen LogP contribution < -0.4 is 4.90 Å². The average Bonchev–Trinajstić information content (AvgIpc) is 3.30. The number of para-hydroxylation sites is 1. The van der Waals surface area contributed by atoms with Crippen molar-refractivity contribution in [2.45, 2.75) is 50.5 Å². The molecule has 1 N–H and O–H groups in total. The van der Waals surface area contributed by atoms with Gasteiger partial charge in [0.1, 0.15) is 0 Å². The molecule has 2 atom stereocenters. The van der Waals surface area contributed by atoms with Gasteiger partial charge < -0.3 is 14.7 Å². The molecule has 0 spiro atoms. The number of benzene rings is 1. The first-order chi connectivity index (χ1) is 15.0. The Morgan fingerprint density at radius 2 is 1.94 bits per heavy atom. The zero-order valence-electron chi connectivity index (χ0n) is 18.6. The van der Waals surface area contributed by atoms with Gasteiger partial charge in [-0.15, -0.1) is 0 Å². The van der Waals surface area contributed by atoms with Crippen LogP contribution in [0.3, 0.4) is 0 Å². The number of hydrogen-bond acceptors (Lipinski definition) is 4. The standard InChI is InChI=1S/C24H33N5O2/c1-27-13-7-6-12-20(27)15-22(30)29-14-8-9-18(17-29)23-21(16-25-26-23)24(31)28(2)19-10-4-3-5-11-19/h3-5,10-11,16,18,20H,6-9,12-15,17H2,1-2H3,(H,25,26). The molecule has 0 bridgehead atoms. The third-order valence-electron chi connectivity index (χ3n) is 6.86. The highest BCUT2D eigenvalue weighted by Crippen LogP contribution is 2.30. The van der Waals surface area contributed by atoms with Gasteiger partial charge in [-0.2, -0.15) is 5.10 Å². The molecule has 2 aliphatic heterocycles. The Hall–Kier alpha value is -2.67. The van der Waals surface area contributed by atoms with Crippen molar-refractivity contribution in [2.24, 2.45) is 0 Å². The second-order valence-electron chi connectivity index (χ2n) is 8.91. The maximum Gasteiger partial charge on any atom is 0.261 e. The number of hydrogen-bond donors (Lipinski definition) is 1. The summed E-state index contributed by atoms with van der Waals surface area (Å²) in [5.74, 6) is 0.256. The number of H-pyrrole nitrogens is 1. The quantitative estimate of drug-likeness (QED) is 0.801. The first-order valence-corrected chi connectivity index (χ1v) is 11.4. The summed E-state index contributed by atoms with van der Waals surface area (Å²) in [4.78, 5) is 32.2. The number of piperidine rings is 2. The number of carbonyl (C=O) groups excluding carboxylic acids is 2. The Kier molecular flexibility index (Phi) is 6.70. The molecule has 0 radical (unpaired) electrons. The summed E-state index contributed by atoms with van der Waals surface area (Å²) < 4.78 is 0. The zero-order valence-corrected chi connectivity index (χ0v) is 18.6. The highest BCUT2D eigenvalue weighted by atomic mass is 16.2. The second-order valence-corrected chi connectivity index (χ2v) is 8.91. The number of carbonyl (C=O) groups is 2. The summed E-state index contributed by atoms with van der Waals surface area (Å²) in [6.07, 6.45) is 7.64. The maximum atomic E-state index is 13.2. The lowest BCUT2D eigenvalue weighted by Gasteiger charge is -2.36. The van der Waals surface area contributed by atoms with Crippen LogP contribution in [-0.4, -0.2) is 71.6 Å². The molecule has 2 fully saturated rings. The second kappa shape index (κ2) is 9.64. The van der Waals surface area contributed by atoms with Crippen LogP contribution in [0.25, 0.3) is 0 Å². The summed E-state index contributed by atoms with van der Waals surface area (Å²) in [5, 5.41) is 7.25. The number of rotatable bonds is 5. The Morgan fingerprint density at radius 3 is 2.71 bits per heavy atom. The zero-order chi connectivity index (χ0) is 21.8. The molecular formula is C24H33N5O2. The average molecular weight is 424 g/mol. The van der Waals surface area contributed by atoms with Gasteiger partial charge >= 0.3 is 0 Å². The van der Waals surface area contributed by atoms with Crippen molar-refractivity contribution in [3.05, 3.63) is 47.8 Å². The topological polar surface area (TPSA) is 72.5 Å². The van der Waals surface area contributed by atoms with Crippen molar-refractivity contribution in [1.29, 1.82) is 0 Å². The van der Waals surface area contributed by atoms with Crippen LogP contribution >= 0.6 is 0 Å². The minimum atomic E-state index is -0.0813. The SMILES string of the molecule is CN(C(=O)c1cn[nH]c1C1CCCN(C(=O)CC2CCCCN2C)C1)c1ccccc1. The molecule has 2 amide bonds. The van der Waals surface area contributed by atoms with Crippen LogP contribution in [0.2, 0.25) is 0 Å². The van der Waals surface area contributed by atoms with Gasteiger partial charge in [0.2, 0.25) is 5.91 Å². The molecule has 7 heteroatoms. The van der Waals surface area contributed by atoms with E-state index in [1.807, 2.05) is 35.2 Å². The molecule has 3 heterocycles. The Labute approximate surface area is 184 Å². The largest absolute Gasteiger partial charge is 0.342 e. The Morgan fingerprint density at radius 1 is 1.13 bits per heavy atom. The van der Waals surface area contributed by atoms with Gasteiger partial charge in [0, 0.05) is 44.2 Å². The Balaban J connectivity index is 1.44. The van der Waals surface area contributed by atoms with Crippen molar-refractivity contribution in [1.82, 2.24) is 20.0 Å². The minimum absolute atomic E-state index is 0.0813. The first kappa shape index (κ1) is 21.6. The molecule has 1 aromatic carbocycles. The molecule has 0 aliphatic carbocycles. The van der Waals surface area contributed by atoms with Gasteiger partial charge in [-0.25, -0.2) is 0 Å². The summed E-state index contributed by atoms with van der Waals surface area (Å²) >= 11 is 0. The molecule has 1 aromatic heterocycles. The summed E-state index contributed by atoms with van der Waals surface area (Å²) in [6, 6.07) is 9.96. The maximum absolute atomic E-state index is 13.2. The molecule has 2 unspecified atom stereocenters. The van der Waals surface area contributed by atoms with Crippen molar-refractivity contribution in [3.8, 4) is 0 Å². The number of nitrogens with zero attached hydrogens (tertiary/aromatic N) is 4. The molecule has 4 rings (SSSR count).